The van der Waals surface area contributed by atoms with Crippen molar-refractivity contribution in [3.63, 3.8) is 0 Å². The Morgan fingerprint density at radius 2 is 1.79 bits per heavy atom. The molecule has 0 fully saturated rings. The molecule has 0 aliphatic heterocycles. The number of hydrogen-bond donors (Lipinski definition) is 0. The van der Waals surface area contributed by atoms with Crippen LogP contribution in [-0.4, -0.2) is 0 Å². The Morgan fingerprint density at radius 1 is 1.00 bits per heavy atom. The smallest absolute Gasteiger partial charge is 0.160 e. The van der Waals surface area contributed by atoms with Crippen LogP contribution in [0.15, 0.2) is 36.9 Å². The highest BCUT2D eigenvalue weighted by Crippen LogP contribution is 2.30. The van der Waals surface area contributed by atoms with Gasteiger partial charge in [-0.05, 0) is 60.6 Å². The van der Waals surface area contributed by atoms with Crippen LogP contribution in [-0.2, 0) is 12.8 Å². The van der Waals surface area contributed by atoms with Gasteiger partial charge >= 0.3 is 0 Å². The van der Waals surface area contributed by atoms with Crippen molar-refractivity contribution in [1.29, 1.82) is 0 Å². The molecule has 24 heavy (non-hydrogen) atoms. The Morgan fingerprint density at radius 3 is 2.50 bits per heavy atom. The molecule has 0 radical (unpaired) electrons. The molecule has 4 heteroatoms. The molecule has 0 bridgehead atoms. The van der Waals surface area contributed by atoms with Crippen LogP contribution in [0.1, 0.15) is 28.7 Å². The maximum absolute atomic E-state index is 14.6. The molecule has 0 spiro atoms. The van der Waals surface area contributed by atoms with E-state index in [1.807, 2.05) is 0 Å². The van der Waals surface area contributed by atoms with Crippen LogP contribution in [0.3, 0.4) is 0 Å². The molecule has 0 N–H and O–H groups in total. The second kappa shape index (κ2) is 6.52. The van der Waals surface area contributed by atoms with Crippen LogP contribution < -0.4 is 0 Å². The van der Waals surface area contributed by atoms with Gasteiger partial charge in [0.05, 0.1) is 5.56 Å². The molecule has 0 saturated heterocycles. The highest BCUT2D eigenvalue weighted by molar-refractivity contribution is 5.48. The topological polar surface area (TPSA) is 0 Å². The Hall–Kier alpha value is -2.54. The SMILES string of the molecule is C=CC1CCc2c(cc(F)c(C#Cc3ccc(F)c(F)c3)c2F)C1. The minimum atomic E-state index is -1.05. The van der Waals surface area contributed by atoms with Gasteiger partial charge in [0.2, 0.25) is 0 Å². The van der Waals surface area contributed by atoms with Crippen molar-refractivity contribution in [2.24, 2.45) is 5.92 Å². The van der Waals surface area contributed by atoms with Gasteiger partial charge in [0.1, 0.15) is 11.6 Å². The van der Waals surface area contributed by atoms with Gasteiger partial charge in [-0.3, -0.25) is 0 Å². The summed E-state index contributed by atoms with van der Waals surface area (Å²) in [7, 11) is 0. The van der Waals surface area contributed by atoms with Gasteiger partial charge in [-0.1, -0.05) is 17.9 Å². The van der Waals surface area contributed by atoms with E-state index < -0.39 is 23.3 Å². The third-order valence-electron chi connectivity index (χ3n) is 4.24. The van der Waals surface area contributed by atoms with Crippen LogP contribution in [0.2, 0.25) is 0 Å². The standard InChI is InChI=1S/C20H14F4/c1-2-12-3-6-15-14(9-12)11-18(22)16(20(15)24)7-4-13-5-8-17(21)19(23)10-13/h2,5,8,10-12H,1,3,6,9H2. The molecule has 1 atom stereocenters. The van der Waals surface area contributed by atoms with Crippen LogP contribution in [0.5, 0.6) is 0 Å². The molecule has 0 aromatic heterocycles. The first kappa shape index (κ1) is 16.3. The molecular weight excluding hydrogens is 316 g/mol. The van der Waals surface area contributed by atoms with Gasteiger partial charge in [0.15, 0.2) is 11.6 Å². The lowest BCUT2D eigenvalue weighted by molar-refractivity contribution is 0.505. The minimum absolute atomic E-state index is 0.150. The summed E-state index contributed by atoms with van der Waals surface area (Å²) < 4.78 is 54.9. The quantitative estimate of drug-likeness (QED) is 0.395. The van der Waals surface area contributed by atoms with E-state index in [0.29, 0.717) is 24.0 Å². The number of hydrogen-bond acceptors (Lipinski definition) is 0. The van der Waals surface area contributed by atoms with E-state index >= 15 is 0 Å². The van der Waals surface area contributed by atoms with E-state index in [1.54, 1.807) is 6.08 Å². The zero-order valence-corrected chi connectivity index (χ0v) is 12.8. The minimum Gasteiger partial charge on any atom is -0.206 e. The molecule has 3 rings (SSSR count). The number of allylic oxidation sites excluding steroid dienone is 1. The van der Waals surface area contributed by atoms with Crippen molar-refractivity contribution in [2.45, 2.75) is 19.3 Å². The molecular formula is C20H14F4. The largest absolute Gasteiger partial charge is 0.206 e. The van der Waals surface area contributed by atoms with Crippen molar-refractivity contribution in [2.75, 3.05) is 0 Å². The van der Waals surface area contributed by atoms with Gasteiger partial charge < -0.3 is 0 Å². The summed E-state index contributed by atoms with van der Waals surface area (Å²) in [6.45, 7) is 3.73. The van der Waals surface area contributed by atoms with Crippen LogP contribution in [0.4, 0.5) is 17.6 Å². The summed E-state index contributed by atoms with van der Waals surface area (Å²) in [6.07, 6.45) is 3.62. The number of benzene rings is 2. The van der Waals surface area contributed by atoms with E-state index in [-0.39, 0.29) is 17.0 Å². The second-order valence-electron chi connectivity index (χ2n) is 5.80. The van der Waals surface area contributed by atoms with Crippen molar-refractivity contribution in [3.05, 3.63) is 82.4 Å². The first-order chi connectivity index (χ1) is 11.5. The Labute approximate surface area is 137 Å². The van der Waals surface area contributed by atoms with Gasteiger partial charge in [0, 0.05) is 5.56 Å². The van der Waals surface area contributed by atoms with E-state index in [9.17, 15) is 17.6 Å². The molecule has 2 aromatic carbocycles. The van der Waals surface area contributed by atoms with Crippen molar-refractivity contribution in [1.82, 2.24) is 0 Å². The number of rotatable bonds is 1. The fraction of sp³-hybridized carbons (Fsp3) is 0.200. The summed E-state index contributed by atoms with van der Waals surface area (Å²) in [5, 5.41) is 0. The van der Waals surface area contributed by atoms with Crippen LogP contribution >= 0.6 is 0 Å². The zero-order chi connectivity index (χ0) is 17.3. The third kappa shape index (κ3) is 3.07. The maximum Gasteiger partial charge on any atom is 0.160 e. The number of fused-ring (bicyclic) bond motifs is 1. The lowest BCUT2D eigenvalue weighted by Gasteiger charge is -2.23. The maximum atomic E-state index is 14.6. The lowest BCUT2D eigenvalue weighted by atomic mass is 9.83. The lowest BCUT2D eigenvalue weighted by Crippen LogP contribution is -2.15. The normalized spacial score (nSPS) is 16.1. The summed E-state index contributed by atoms with van der Waals surface area (Å²) in [4.78, 5) is 0. The summed E-state index contributed by atoms with van der Waals surface area (Å²) in [5.74, 6) is 1.66. The molecule has 1 aliphatic carbocycles. The molecule has 0 amide bonds. The average molecular weight is 330 g/mol. The van der Waals surface area contributed by atoms with Crippen molar-refractivity contribution < 1.29 is 17.6 Å². The molecule has 0 nitrogen and oxygen atoms in total. The van der Waals surface area contributed by atoms with E-state index in [4.69, 9.17) is 0 Å². The highest BCUT2D eigenvalue weighted by atomic mass is 19.2. The third-order valence-corrected chi connectivity index (χ3v) is 4.24. The van der Waals surface area contributed by atoms with Crippen LogP contribution in [0.25, 0.3) is 0 Å². The predicted octanol–water partition coefficient (Wildman–Crippen LogP) is 4.93. The molecule has 122 valence electrons. The number of halogens is 4. The molecule has 1 aliphatic rings. The fourth-order valence-corrected chi connectivity index (χ4v) is 2.90. The first-order valence-corrected chi connectivity index (χ1v) is 7.59. The fourth-order valence-electron chi connectivity index (χ4n) is 2.90. The molecule has 1 unspecified atom stereocenters. The Balaban J connectivity index is 2.00. The summed E-state index contributed by atoms with van der Waals surface area (Å²) >= 11 is 0. The molecule has 2 aromatic rings. The predicted molar refractivity (Wildman–Crippen MR) is 84.4 cm³/mol. The van der Waals surface area contributed by atoms with Gasteiger partial charge in [-0.15, -0.1) is 6.58 Å². The van der Waals surface area contributed by atoms with Crippen molar-refractivity contribution >= 4 is 0 Å². The second-order valence-corrected chi connectivity index (χ2v) is 5.80. The van der Waals surface area contributed by atoms with Gasteiger partial charge in [0.25, 0.3) is 0 Å². The first-order valence-electron chi connectivity index (χ1n) is 7.59. The Kier molecular flexibility index (Phi) is 4.44. The molecule has 0 saturated carbocycles. The van der Waals surface area contributed by atoms with Gasteiger partial charge in [-0.2, -0.15) is 0 Å². The van der Waals surface area contributed by atoms with Crippen LogP contribution in [0, 0.1) is 41.0 Å². The monoisotopic (exact) mass is 330 g/mol. The van der Waals surface area contributed by atoms with E-state index in [1.165, 1.54) is 12.1 Å². The van der Waals surface area contributed by atoms with Gasteiger partial charge in [-0.25, -0.2) is 17.6 Å². The van der Waals surface area contributed by atoms with Crippen molar-refractivity contribution in [3.8, 4) is 11.8 Å². The highest BCUT2D eigenvalue weighted by Gasteiger charge is 2.23. The summed E-state index contributed by atoms with van der Waals surface area (Å²) in [5.41, 5.74) is 0.927. The van der Waals surface area contributed by atoms with E-state index in [0.717, 1.165) is 18.6 Å². The molecule has 0 heterocycles. The summed E-state index contributed by atoms with van der Waals surface area (Å²) in [6, 6.07) is 4.39. The zero-order valence-electron chi connectivity index (χ0n) is 12.8. The average Bonchev–Trinajstić information content (AvgIpc) is 2.57. The van der Waals surface area contributed by atoms with E-state index in [2.05, 4.69) is 18.4 Å². The Bertz CT molecular complexity index is 871.